The number of hydrogen-bond acceptors (Lipinski definition) is 2. The Kier molecular flexibility index (Phi) is 7.10. The average molecular weight is 426 g/mol. The third-order valence-corrected chi connectivity index (χ3v) is 3.56. The second kappa shape index (κ2) is 9.15. The van der Waals surface area contributed by atoms with Crippen LogP contribution in [-0.2, 0) is 12.5 Å². The topological polar surface area (TPSA) is 18.5 Å². The van der Waals surface area contributed by atoms with Crippen LogP contribution in [0, 0.1) is 23.3 Å². The highest BCUT2D eigenvalue weighted by Gasteiger charge is 2.41. The summed E-state index contributed by atoms with van der Waals surface area (Å²) in [7, 11) is 0. The SMILES string of the molecule is CCCc1cc(F)c(C(F)(F)Oc2cc(F)c(O/C=C/C(F)F)c(F)c2)c(F)c1. The molecule has 0 spiro atoms. The summed E-state index contributed by atoms with van der Waals surface area (Å²) in [5, 5.41) is 0. The molecule has 0 saturated heterocycles. The predicted octanol–water partition coefficient (Wildman–Crippen LogP) is 6.48. The quantitative estimate of drug-likeness (QED) is 0.355. The molecule has 10 heteroatoms. The third kappa shape index (κ3) is 5.61. The Morgan fingerprint density at radius 3 is 1.97 bits per heavy atom. The first-order valence-electron chi connectivity index (χ1n) is 8.21. The van der Waals surface area contributed by atoms with Gasteiger partial charge in [-0.15, -0.1) is 0 Å². The van der Waals surface area contributed by atoms with Crippen molar-refractivity contribution in [1.29, 1.82) is 0 Å². The van der Waals surface area contributed by atoms with Gasteiger partial charge in [-0.25, -0.2) is 26.3 Å². The highest BCUT2D eigenvalue weighted by Crippen LogP contribution is 2.37. The van der Waals surface area contributed by atoms with Crippen LogP contribution in [0.15, 0.2) is 36.6 Å². The summed E-state index contributed by atoms with van der Waals surface area (Å²) < 4.78 is 117. The van der Waals surface area contributed by atoms with Crippen LogP contribution < -0.4 is 9.47 Å². The summed E-state index contributed by atoms with van der Waals surface area (Å²) in [5.74, 6) is -8.55. The average Bonchev–Trinajstić information content (AvgIpc) is 2.56. The lowest BCUT2D eigenvalue weighted by molar-refractivity contribution is -0.189. The highest BCUT2D eigenvalue weighted by atomic mass is 19.3. The molecule has 2 aromatic rings. The molecule has 0 N–H and O–H groups in total. The lowest BCUT2D eigenvalue weighted by Crippen LogP contribution is -2.25. The fourth-order valence-corrected chi connectivity index (χ4v) is 2.41. The van der Waals surface area contributed by atoms with E-state index in [1.54, 1.807) is 6.92 Å². The van der Waals surface area contributed by atoms with Crippen molar-refractivity contribution in [2.75, 3.05) is 0 Å². The monoisotopic (exact) mass is 426 g/mol. The van der Waals surface area contributed by atoms with E-state index < -0.39 is 52.9 Å². The predicted molar refractivity (Wildman–Crippen MR) is 87.0 cm³/mol. The van der Waals surface area contributed by atoms with Crippen LogP contribution in [0.4, 0.5) is 35.1 Å². The normalized spacial score (nSPS) is 12.1. The molecular weight excluding hydrogens is 412 g/mol. The van der Waals surface area contributed by atoms with E-state index in [1.807, 2.05) is 0 Å². The van der Waals surface area contributed by atoms with E-state index in [0.717, 1.165) is 0 Å². The standard InChI is InChI=1S/C19H14F8O2/c1-2-3-10-6-12(20)17(13(21)7-10)19(26,27)29-11-8-14(22)18(15(23)9-11)28-5-4-16(24)25/h4-9,16H,2-3H2,1H3/b5-4+. The Balaban J connectivity index is 2.31. The van der Waals surface area contributed by atoms with E-state index in [0.29, 0.717) is 24.8 Å². The van der Waals surface area contributed by atoms with E-state index >= 15 is 0 Å². The zero-order chi connectivity index (χ0) is 21.8. The first-order valence-corrected chi connectivity index (χ1v) is 8.21. The van der Waals surface area contributed by atoms with E-state index in [-0.39, 0.29) is 30.2 Å². The van der Waals surface area contributed by atoms with Gasteiger partial charge in [0.25, 0.3) is 6.43 Å². The van der Waals surface area contributed by atoms with Gasteiger partial charge in [0.15, 0.2) is 17.4 Å². The summed E-state index contributed by atoms with van der Waals surface area (Å²) in [5.41, 5.74) is -1.57. The van der Waals surface area contributed by atoms with Crippen LogP contribution in [0.5, 0.6) is 11.5 Å². The Bertz CT molecular complexity index is 850. The molecule has 0 unspecified atom stereocenters. The second-order valence-electron chi connectivity index (χ2n) is 5.80. The van der Waals surface area contributed by atoms with Crippen LogP contribution >= 0.6 is 0 Å². The van der Waals surface area contributed by atoms with Crippen molar-refractivity contribution >= 4 is 0 Å². The highest BCUT2D eigenvalue weighted by molar-refractivity contribution is 5.36. The van der Waals surface area contributed by atoms with E-state index in [4.69, 9.17) is 0 Å². The van der Waals surface area contributed by atoms with Crippen molar-refractivity contribution in [2.45, 2.75) is 32.3 Å². The Hall–Kier alpha value is -2.78. The first kappa shape index (κ1) is 22.5. The van der Waals surface area contributed by atoms with E-state index in [9.17, 15) is 35.1 Å². The molecule has 0 aromatic heterocycles. The minimum Gasteiger partial charge on any atom is -0.459 e. The summed E-state index contributed by atoms with van der Waals surface area (Å²) in [6.45, 7) is 1.72. The Morgan fingerprint density at radius 1 is 0.931 bits per heavy atom. The molecule has 29 heavy (non-hydrogen) atoms. The maximum atomic E-state index is 14.3. The maximum absolute atomic E-state index is 14.3. The smallest absolute Gasteiger partial charge is 0.432 e. The van der Waals surface area contributed by atoms with E-state index in [2.05, 4.69) is 9.47 Å². The van der Waals surface area contributed by atoms with Gasteiger partial charge in [-0.05, 0) is 24.1 Å². The molecule has 158 valence electrons. The number of aryl methyl sites for hydroxylation is 1. The van der Waals surface area contributed by atoms with Crippen molar-refractivity contribution in [2.24, 2.45) is 0 Å². The number of halogens is 8. The molecule has 2 nitrogen and oxygen atoms in total. The van der Waals surface area contributed by atoms with Crippen molar-refractivity contribution in [1.82, 2.24) is 0 Å². The molecule has 0 aliphatic carbocycles. The second-order valence-corrected chi connectivity index (χ2v) is 5.80. The zero-order valence-corrected chi connectivity index (χ0v) is 14.8. The zero-order valence-electron chi connectivity index (χ0n) is 14.8. The minimum absolute atomic E-state index is 0.150. The number of rotatable bonds is 8. The third-order valence-electron chi connectivity index (χ3n) is 3.56. The van der Waals surface area contributed by atoms with Gasteiger partial charge in [-0.3, -0.25) is 0 Å². The Labute approximate surface area is 160 Å². The van der Waals surface area contributed by atoms with Crippen molar-refractivity contribution < 1.29 is 44.6 Å². The molecule has 0 aliphatic heterocycles. The van der Waals surface area contributed by atoms with Gasteiger partial charge in [0.05, 0.1) is 6.26 Å². The molecule has 0 bridgehead atoms. The van der Waals surface area contributed by atoms with Crippen LogP contribution in [-0.4, -0.2) is 6.43 Å². The molecule has 0 heterocycles. The molecule has 0 fully saturated rings. The van der Waals surface area contributed by atoms with Gasteiger partial charge < -0.3 is 9.47 Å². The molecule has 2 rings (SSSR count). The van der Waals surface area contributed by atoms with Crippen LogP contribution in [0.1, 0.15) is 24.5 Å². The van der Waals surface area contributed by atoms with Gasteiger partial charge in [-0.1, -0.05) is 13.3 Å². The number of allylic oxidation sites excluding steroid dienone is 1. The minimum atomic E-state index is -4.60. The number of hydrogen-bond donors (Lipinski definition) is 0. The fourth-order valence-electron chi connectivity index (χ4n) is 2.41. The van der Waals surface area contributed by atoms with Crippen molar-refractivity contribution in [3.8, 4) is 11.5 Å². The Morgan fingerprint density at radius 2 is 1.48 bits per heavy atom. The van der Waals surface area contributed by atoms with Gasteiger partial charge in [0, 0.05) is 18.2 Å². The van der Waals surface area contributed by atoms with Gasteiger partial charge in [-0.2, -0.15) is 8.78 Å². The molecule has 0 amide bonds. The van der Waals surface area contributed by atoms with E-state index in [1.165, 1.54) is 0 Å². The maximum Gasteiger partial charge on any atom is 0.432 e. The molecule has 2 aromatic carbocycles. The van der Waals surface area contributed by atoms with Crippen molar-refractivity contribution in [3.63, 3.8) is 0 Å². The number of benzene rings is 2. The van der Waals surface area contributed by atoms with Crippen molar-refractivity contribution in [3.05, 3.63) is 71.0 Å². The lowest BCUT2D eigenvalue weighted by Gasteiger charge is -2.20. The molecule has 0 radical (unpaired) electrons. The summed E-state index contributed by atoms with van der Waals surface area (Å²) in [6.07, 6.45) is -6.29. The molecular formula is C19H14F8O2. The number of alkyl halides is 4. The molecule has 0 aliphatic rings. The lowest BCUT2D eigenvalue weighted by atomic mass is 10.1. The molecule has 0 saturated carbocycles. The fraction of sp³-hybridized carbons (Fsp3) is 0.263. The van der Waals surface area contributed by atoms with Gasteiger partial charge >= 0.3 is 6.11 Å². The van der Waals surface area contributed by atoms with Crippen LogP contribution in [0.2, 0.25) is 0 Å². The number of ether oxygens (including phenoxy) is 2. The summed E-state index contributed by atoms with van der Waals surface area (Å²) in [4.78, 5) is 0. The summed E-state index contributed by atoms with van der Waals surface area (Å²) in [6, 6.07) is 1.94. The first-order chi connectivity index (χ1) is 13.5. The summed E-state index contributed by atoms with van der Waals surface area (Å²) >= 11 is 0. The van der Waals surface area contributed by atoms with Gasteiger partial charge in [0.2, 0.25) is 0 Å². The van der Waals surface area contributed by atoms with Crippen LogP contribution in [0.25, 0.3) is 0 Å². The van der Waals surface area contributed by atoms with Gasteiger partial charge in [0.1, 0.15) is 22.9 Å². The largest absolute Gasteiger partial charge is 0.459 e. The van der Waals surface area contributed by atoms with Crippen LogP contribution in [0.3, 0.4) is 0 Å². The molecule has 0 atom stereocenters.